The fraction of sp³-hybridized carbons (Fsp3) is 0.158. The van der Waals surface area contributed by atoms with Gasteiger partial charge in [0.05, 0.1) is 23.3 Å². The van der Waals surface area contributed by atoms with Gasteiger partial charge < -0.3 is 14.8 Å². The zero-order chi connectivity index (χ0) is 19.4. The molecule has 0 saturated carbocycles. The molecule has 3 aromatic rings. The molecule has 0 spiro atoms. The zero-order valence-corrected chi connectivity index (χ0v) is 16.4. The highest BCUT2D eigenvalue weighted by molar-refractivity contribution is 14.1. The summed E-state index contributed by atoms with van der Waals surface area (Å²) in [6.45, 7) is 1.62. The molecule has 2 N–H and O–H groups in total. The number of nitrogens with one attached hydrogen (secondary N) is 1. The Balaban J connectivity index is 1.85. The van der Waals surface area contributed by atoms with E-state index < -0.39 is 12.1 Å². The van der Waals surface area contributed by atoms with E-state index >= 15 is 0 Å². The number of aliphatic hydroxyl groups excluding tert-OH is 1. The van der Waals surface area contributed by atoms with Gasteiger partial charge in [-0.05, 0) is 72.0 Å². The smallest absolute Gasteiger partial charge is 0.247 e. The molecule has 0 aliphatic rings. The summed E-state index contributed by atoms with van der Waals surface area (Å²) in [5.74, 6) is 0.542. The summed E-state index contributed by atoms with van der Waals surface area (Å²) in [5.41, 5.74) is 2.53. The normalized spacial score (nSPS) is 12.6. The Hall–Kier alpha value is -2.95. The number of nitriles is 2. The van der Waals surface area contributed by atoms with Crippen molar-refractivity contribution in [2.75, 3.05) is 5.32 Å². The fourth-order valence-electron chi connectivity index (χ4n) is 2.43. The molecule has 0 amide bonds. The van der Waals surface area contributed by atoms with E-state index in [0.717, 1.165) is 9.26 Å². The molecule has 3 rings (SSSR count). The van der Waals surface area contributed by atoms with Crippen molar-refractivity contribution in [2.24, 2.45) is 0 Å². The molecule has 0 fully saturated rings. The summed E-state index contributed by atoms with van der Waals surface area (Å²) in [6.07, 6.45) is -0.799. The van der Waals surface area contributed by atoms with Gasteiger partial charge in [-0.2, -0.15) is 10.5 Å². The number of rotatable bonds is 5. The largest absolute Gasteiger partial charge is 0.418 e. The number of nitrogens with zero attached hydrogens (tertiary/aromatic N) is 4. The third kappa shape index (κ3) is 4.25. The minimum absolute atomic E-state index is 0.240. The van der Waals surface area contributed by atoms with Gasteiger partial charge >= 0.3 is 0 Å². The summed E-state index contributed by atoms with van der Waals surface area (Å²) < 4.78 is 6.53. The number of hydrogen-bond donors (Lipinski definition) is 2. The third-order valence-corrected chi connectivity index (χ3v) is 4.75. The molecule has 8 heteroatoms. The van der Waals surface area contributed by atoms with Gasteiger partial charge in [0.15, 0.2) is 0 Å². The Labute approximate surface area is 169 Å². The topological polar surface area (TPSA) is 119 Å². The van der Waals surface area contributed by atoms with Crippen LogP contribution in [0.5, 0.6) is 0 Å². The van der Waals surface area contributed by atoms with Crippen molar-refractivity contribution in [1.82, 2.24) is 10.2 Å². The van der Waals surface area contributed by atoms with Gasteiger partial charge in [-0.3, -0.25) is 0 Å². The lowest BCUT2D eigenvalue weighted by atomic mass is 10.1. The monoisotopic (exact) mass is 471 g/mol. The van der Waals surface area contributed by atoms with E-state index in [1.807, 2.05) is 6.07 Å². The van der Waals surface area contributed by atoms with E-state index in [2.05, 4.69) is 50.2 Å². The van der Waals surface area contributed by atoms with Crippen LogP contribution in [0.1, 0.15) is 30.0 Å². The Bertz CT molecular complexity index is 1030. The van der Waals surface area contributed by atoms with Crippen LogP contribution >= 0.6 is 22.6 Å². The Kier molecular flexibility index (Phi) is 5.69. The van der Waals surface area contributed by atoms with E-state index in [1.54, 1.807) is 43.3 Å². The standard InChI is InChI=1S/C19H14IN5O2/c1-11(26)17(23-15-7-6-14(10-22)16(20)8-15)19-25-24-18(27-19)13-4-2-12(9-21)3-5-13/h2-8,11,17,23,26H,1H3/t11-,17+/m0/s1. The number of aliphatic hydroxyl groups is 1. The van der Waals surface area contributed by atoms with E-state index in [4.69, 9.17) is 14.9 Å². The quantitative estimate of drug-likeness (QED) is 0.546. The Morgan fingerprint density at radius 2 is 1.85 bits per heavy atom. The molecular formula is C19H14IN5O2. The van der Waals surface area contributed by atoms with Crippen LogP contribution in [-0.4, -0.2) is 21.4 Å². The van der Waals surface area contributed by atoms with Crippen LogP contribution in [0.25, 0.3) is 11.5 Å². The van der Waals surface area contributed by atoms with Gasteiger partial charge in [-0.1, -0.05) is 0 Å². The number of anilines is 1. The van der Waals surface area contributed by atoms with Crippen molar-refractivity contribution < 1.29 is 9.52 Å². The van der Waals surface area contributed by atoms with E-state index in [-0.39, 0.29) is 5.89 Å². The highest BCUT2D eigenvalue weighted by Crippen LogP contribution is 2.27. The van der Waals surface area contributed by atoms with Gasteiger partial charge in [0.25, 0.3) is 0 Å². The number of halogens is 1. The molecule has 2 atom stereocenters. The van der Waals surface area contributed by atoms with Crippen molar-refractivity contribution in [1.29, 1.82) is 10.5 Å². The molecule has 1 heterocycles. The minimum Gasteiger partial charge on any atom is -0.418 e. The van der Waals surface area contributed by atoms with Gasteiger partial charge in [-0.15, -0.1) is 10.2 Å². The maximum atomic E-state index is 10.2. The highest BCUT2D eigenvalue weighted by atomic mass is 127. The van der Waals surface area contributed by atoms with Crippen molar-refractivity contribution in [2.45, 2.75) is 19.1 Å². The fourth-order valence-corrected chi connectivity index (χ4v) is 3.06. The summed E-state index contributed by atoms with van der Waals surface area (Å²) in [6, 6.07) is 15.6. The summed E-state index contributed by atoms with van der Waals surface area (Å²) >= 11 is 2.08. The Morgan fingerprint density at radius 3 is 2.44 bits per heavy atom. The number of benzene rings is 2. The van der Waals surface area contributed by atoms with Crippen LogP contribution in [0.3, 0.4) is 0 Å². The average Bonchev–Trinajstić information content (AvgIpc) is 3.16. The second kappa shape index (κ2) is 8.16. The first-order valence-corrected chi connectivity index (χ1v) is 9.08. The first-order chi connectivity index (χ1) is 13.0. The molecule has 27 heavy (non-hydrogen) atoms. The number of aromatic nitrogens is 2. The lowest BCUT2D eigenvalue weighted by Gasteiger charge is -2.19. The average molecular weight is 471 g/mol. The molecule has 0 radical (unpaired) electrons. The van der Waals surface area contributed by atoms with E-state index in [9.17, 15) is 5.11 Å². The lowest BCUT2D eigenvalue weighted by molar-refractivity contribution is 0.160. The predicted molar refractivity (Wildman–Crippen MR) is 106 cm³/mol. The van der Waals surface area contributed by atoms with Crippen LogP contribution in [-0.2, 0) is 0 Å². The van der Waals surface area contributed by atoms with E-state index in [0.29, 0.717) is 22.6 Å². The van der Waals surface area contributed by atoms with Gasteiger partial charge in [-0.25, -0.2) is 0 Å². The van der Waals surface area contributed by atoms with Gasteiger partial charge in [0.2, 0.25) is 11.8 Å². The van der Waals surface area contributed by atoms with Gasteiger partial charge in [0, 0.05) is 14.8 Å². The number of hydrogen-bond acceptors (Lipinski definition) is 7. The summed E-state index contributed by atoms with van der Waals surface area (Å²) in [7, 11) is 0. The highest BCUT2D eigenvalue weighted by Gasteiger charge is 2.24. The van der Waals surface area contributed by atoms with Crippen molar-refractivity contribution in [3.05, 3.63) is 63.1 Å². The maximum Gasteiger partial charge on any atom is 0.247 e. The van der Waals surface area contributed by atoms with Crippen LogP contribution < -0.4 is 5.32 Å². The summed E-state index contributed by atoms with van der Waals surface area (Å²) in [5, 5.41) is 39.3. The van der Waals surface area contributed by atoms with Crippen LogP contribution in [0, 0.1) is 26.2 Å². The second-order valence-corrected chi connectivity index (χ2v) is 6.97. The molecule has 0 unspecified atom stereocenters. The lowest BCUT2D eigenvalue weighted by Crippen LogP contribution is -2.23. The zero-order valence-electron chi connectivity index (χ0n) is 14.2. The van der Waals surface area contributed by atoms with Crippen molar-refractivity contribution >= 4 is 28.3 Å². The predicted octanol–water partition coefficient (Wildman–Crippen LogP) is 3.62. The van der Waals surface area contributed by atoms with Crippen LogP contribution in [0.4, 0.5) is 5.69 Å². The minimum atomic E-state index is -0.799. The molecule has 0 saturated heterocycles. The molecule has 7 nitrogen and oxygen atoms in total. The summed E-state index contributed by atoms with van der Waals surface area (Å²) in [4.78, 5) is 0. The molecule has 0 aliphatic carbocycles. The first kappa shape index (κ1) is 18.8. The van der Waals surface area contributed by atoms with E-state index in [1.165, 1.54) is 0 Å². The SMILES string of the molecule is C[C@H](O)[C@@H](Nc1ccc(C#N)c(I)c1)c1nnc(-c2ccc(C#N)cc2)o1. The molecule has 2 aromatic carbocycles. The first-order valence-electron chi connectivity index (χ1n) is 8.00. The van der Waals surface area contributed by atoms with Crippen LogP contribution in [0.15, 0.2) is 46.9 Å². The third-order valence-electron chi connectivity index (χ3n) is 3.86. The van der Waals surface area contributed by atoms with Crippen molar-refractivity contribution in [3.8, 4) is 23.6 Å². The molecule has 134 valence electrons. The molecule has 0 aliphatic heterocycles. The second-order valence-electron chi connectivity index (χ2n) is 5.80. The maximum absolute atomic E-state index is 10.2. The van der Waals surface area contributed by atoms with Gasteiger partial charge in [0.1, 0.15) is 12.1 Å². The Morgan fingerprint density at radius 1 is 1.11 bits per heavy atom. The molecule has 0 bridgehead atoms. The van der Waals surface area contributed by atoms with Crippen molar-refractivity contribution in [3.63, 3.8) is 0 Å². The molecule has 1 aromatic heterocycles. The molecular weight excluding hydrogens is 457 g/mol. The van der Waals surface area contributed by atoms with Crippen LogP contribution in [0.2, 0.25) is 0 Å².